The van der Waals surface area contributed by atoms with Crippen LogP contribution in [0.4, 0.5) is 0 Å². The van der Waals surface area contributed by atoms with E-state index in [1.54, 1.807) is 0 Å². The summed E-state index contributed by atoms with van der Waals surface area (Å²) in [7, 11) is 0. The van der Waals surface area contributed by atoms with Crippen LogP contribution in [0.1, 0.15) is 51.0 Å². The van der Waals surface area contributed by atoms with Gasteiger partial charge in [0, 0.05) is 30.1 Å². The zero-order valence-corrected chi connectivity index (χ0v) is 13.4. The van der Waals surface area contributed by atoms with E-state index in [-0.39, 0.29) is 0 Å². The van der Waals surface area contributed by atoms with E-state index in [1.807, 2.05) is 11.3 Å². The lowest BCUT2D eigenvalue weighted by Crippen LogP contribution is -2.44. The quantitative estimate of drug-likeness (QED) is 0.850. The van der Waals surface area contributed by atoms with Crippen LogP contribution < -0.4 is 5.32 Å². The predicted octanol–water partition coefficient (Wildman–Crippen LogP) is 3.91. The van der Waals surface area contributed by atoms with Gasteiger partial charge in [-0.1, -0.05) is 26.8 Å². The van der Waals surface area contributed by atoms with Crippen molar-refractivity contribution in [3.8, 4) is 0 Å². The van der Waals surface area contributed by atoms with Crippen molar-refractivity contribution < 1.29 is 0 Å². The van der Waals surface area contributed by atoms with E-state index in [0.717, 1.165) is 6.04 Å². The molecule has 0 saturated carbocycles. The molecule has 0 spiro atoms. The Morgan fingerprint density at radius 1 is 1.37 bits per heavy atom. The van der Waals surface area contributed by atoms with E-state index in [9.17, 15) is 0 Å². The fourth-order valence-electron chi connectivity index (χ4n) is 3.12. The Kier molecular flexibility index (Phi) is 5.86. The Morgan fingerprint density at radius 3 is 2.63 bits per heavy atom. The van der Waals surface area contributed by atoms with Gasteiger partial charge in [0.05, 0.1) is 0 Å². The minimum absolute atomic E-state index is 0.618. The van der Waals surface area contributed by atoms with Gasteiger partial charge in [0.1, 0.15) is 0 Å². The van der Waals surface area contributed by atoms with E-state index in [4.69, 9.17) is 0 Å². The molecule has 1 aliphatic heterocycles. The third-order valence-corrected chi connectivity index (χ3v) is 5.02. The first-order valence-corrected chi connectivity index (χ1v) is 8.61. The number of nitrogens with zero attached hydrogens (tertiary/aromatic N) is 1. The highest BCUT2D eigenvalue weighted by Gasteiger charge is 2.28. The van der Waals surface area contributed by atoms with Gasteiger partial charge in [-0.15, -0.1) is 11.3 Å². The average Bonchev–Trinajstić information content (AvgIpc) is 2.91. The summed E-state index contributed by atoms with van der Waals surface area (Å²) < 4.78 is 0. The summed E-state index contributed by atoms with van der Waals surface area (Å²) in [5.41, 5.74) is 0. The molecule has 19 heavy (non-hydrogen) atoms. The van der Waals surface area contributed by atoms with Crippen molar-refractivity contribution in [3.05, 3.63) is 22.4 Å². The van der Waals surface area contributed by atoms with E-state index in [2.05, 4.69) is 48.5 Å². The lowest BCUT2D eigenvalue weighted by molar-refractivity contribution is 0.115. The zero-order chi connectivity index (χ0) is 13.7. The van der Waals surface area contributed by atoms with Crippen molar-refractivity contribution in [3.63, 3.8) is 0 Å². The number of rotatable bonds is 6. The van der Waals surface area contributed by atoms with Crippen molar-refractivity contribution in [1.82, 2.24) is 10.2 Å². The fourth-order valence-corrected chi connectivity index (χ4v) is 4.15. The Hall–Kier alpha value is -0.380. The molecule has 1 aliphatic rings. The van der Waals surface area contributed by atoms with Crippen LogP contribution in [0.2, 0.25) is 0 Å². The summed E-state index contributed by atoms with van der Waals surface area (Å²) in [5.74, 6) is 0.693. The summed E-state index contributed by atoms with van der Waals surface area (Å²) in [4.78, 5) is 4.23. The molecular weight excluding hydrogens is 252 g/mol. The maximum atomic E-state index is 3.67. The highest BCUT2D eigenvalue weighted by molar-refractivity contribution is 7.10. The minimum atomic E-state index is 0.618. The minimum Gasteiger partial charge on any atom is -0.314 e. The second-order valence-electron chi connectivity index (χ2n) is 5.97. The molecule has 1 saturated heterocycles. The van der Waals surface area contributed by atoms with Crippen LogP contribution in [-0.4, -0.2) is 30.6 Å². The number of piperidine rings is 1. The van der Waals surface area contributed by atoms with Gasteiger partial charge in [-0.2, -0.15) is 0 Å². The van der Waals surface area contributed by atoms with Gasteiger partial charge < -0.3 is 5.32 Å². The number of nitrogens with one attached hydrogen (secondary N) is 1. The Bertz CT molecular complexity index is 340. The van der Waals surface area contributed by atoms with E-state index in [1.165, 1.54) is 43.8 Å². The first kappa shape index (κ1) is 15.0. The van der Waals surface area contributed by atoms with Gasteiger partial charge in [-0.3, -0.25) is 4.90 Å². The molecule has 1 N–H and O–H groups in total. The van der Waals surface area contributed by atoms with Gasteiger partial charge in [-0.25, -0.2) is 0 Å². The molecule has 2 rings (SSSR count). The largest absolute Gasteiger partial charge is 0.314 e. The summed E-state index contributed by atoms with van der Waals surface area (Å²) >= 11 is 1.91. The normalized spacial score (nSPS) is 20.0. The Balaban J connectivity index is 1.91. The maximum absolute atomic E-state index is 3.67. The molecule has 1 aromatic heterocycles. The molecule has 3 heteroatoms. The molecule has 0 aromatic carbocycles. The van der Waals surface area contributed by atoms with Gasteiger partial charge in [0.15, 0.2) is 0 Å². The van der Waals surface area contributed by atoms with Gasteiger partial charge in [0.2, 0.25) is 0 Å². The van der Waals surface area contributed by atoms with E-state index >= 15 is 0 Å². The van der Waals surface area contributed by atoms with Crippen LogP contribution in [0.3, 0.4) is 0 Å². The van der Waals surface area contributed by atoms with Crippen molar-refractivity contribution in [2.75, 3.05) is 19.6 Å². The molecule has 1 atom stereocenters. The molecule has 0 aliphatic carbocycles. The second-order valence-corrected chi connectivity index (χ2v) is 6.95. The average molecular weight is 280 g/mol. The van der Waals surface area contributed by atoms with E-state index < -0.39 is 0 Å². The van der Waals surface area contributed by atoms with Crippen molar-refractivity contribution in [2.45, 2.75) is 52.1 Å². The molecular formula is C16H28N2S. The highest BCUT2D eigenvalue weighted by atomic mass is 32.1. The molecule has 0 radical (unpaired) electrons. The lowest BCUT2D eigenvalue weighted by Gasteiger charge is -2.39. The topological polar surface area (TPSA) is 15.3 Å². The summed E-state index contributed by atoms with van der Waals surface area (Å²) in [6, 6.07) is 5.85. The first-order valence-electron chi connectivity index (χ1n) is 7.73. The van der Waals surface area contributed by atoms with Gasteiger partial charge in [0.25, 0.3) is 0 Å². The lowest BCUT2D eigenvalue weighted by atomic mass is 9.96. The number of hydrogen-bond acceptors (Lipinski definition) is 3. The van der Waals surface area contributed by atoms with Crippen LogP contribution in [-0.2, 0) is 0 Å². The van der Waals surface area contributed by atoms with Crippen molar-refractivity contribution in [1.29, 1.82) is 0 Å². The Morgan fingerprint density at radius 2 is 2.11 bits per heavy atom. The zero-order valence-electron chi connectivity index (χ0n) is 12.6. The number of likely N-dealkylation sites (tertiary alicyclic amines) is 1. The molecule has 2 heterocycles. The molecule has 1 aromatic rings. The molecule has 1 unspecified atom stereocenters. The fraction of sp³-hybridized carbons (Fsp3) is 0.750. The van der Waals surface area contributed by atoms with Crippen molar-refractivity contribution >= 4 is 11.3 Å². The smallest absolute Gasteiger partial charge is 0.0464 e. The van der Waals surface area contributed by atoms with Gasteiger partial charge in [-0.05, 0) is 43.2 Å². The van der Waals surface area contributed by atoms with Crippen LogP contribution in [0.5, 0.6) is 0 Å². The predicted molar refractivity (Wildman–Crippen MR) is 84.8 cm³/mol. The number of hydrogen-bond donors (Lipinski definition) is 1. The summed E-state index contributed by atoms with van der Waals surface area (Å²) in [6.07, 6.45) is 3.84. The molecule has 2 nitrogen and oxygen atoms in total. The summed E-state index contributed by atoms with van der Waals surface area (Å²) in [5, 5.41) is 5.88. The van der Waals surface area contributed by atoms with E-state index in [0.29, 0.717) is 12.0 Å². The third-order valence-electron chi connectivity index (χ3n) is 4.07. The van der Waals surface area contributed by atoms with Crippen LogP contribution in [0, 0.1) is 5.92 Å². The monoisotopic (exact) mass is 280 g/mol. The molecule has 108 valence electrons. The molecule has 0 bridgehead atoms. The molecule has 0 amide bonds. The van der Waals surface area contributed by atoms with Crippen LogP contribution in [0.15, 0.2) is 17.5 Å². The highest BCUT2D eigenvalue weighted by Crippen LogP contribution is 2.33. The van der Waals surface area contributed by atoms with Gasteiger partial charge >= 0.3 is 0 Å². The maximum Gasteiger partial charge on any atom is 0.0464 e. The SMILES string of the molecule is CCCNC1CCN(C(c2cccs2)C(C)C)CC1. The molecule has 1 fully saturated rings. The first-order chi connectivity index (χ1) is 9.22. The number of thiophene rings is 1. The van der Waals surface area contributed by atoms with Crippen LogP contribution >= 0.6 is 11.3 Å². The summed E-state index contributed by atoms with van der Waals surface area (Å²) in [6.45, 7) is 10.6. The second kappa shape index (κ2) is 7.41. The van der Waals surface area contributed by atoms with Crippen molar-refractivity contribution in [2.24, 2.45) is 5.92 Å². The van der Waals surface area contributed by atoms with Crippen LogP contribution in [0.25, 0.3) is 0 Å². The standard InChI is InChI=1S/C16H28N2S/c1-4-9-17-14-7-10-18(11-8-14)16(13(2)3)15-6-5-12-19-15/h5-6,12-14,16-17H,4,7-11H2,1-3H3. The Labute approximate surface area is 122 Å². The third kappa shape index (κ3) is 4.04.